The normalized spacial score (nSPS) is 14.0. The number of hydrogen-bond acceptors (Lipinski definition) is 2. The number of benzene rings is 2. The van der Waals surface area contributed by atoms with Crippen molar-refractivity contribution in [1.29, 1.82) is 5.26 Å². The lowest BCUT2D eigenvalue weighted by atomic mass is 9.90. The predicted molar refractivity (Wildman–Crippen MR) is 69.8 cm³/mol. The van der Waals surface area contributed by atoms with Crippen molar-refractivity contribution in [2.75, 3.05) is 5.32 Å². The third-order valence-corrected chi connectivity index (χ3v) is 2.98. The fourth-order valence-electron chi connectivity index (χ4n) is 1.90. The van der Waals surface area contributed by atoms with Gasteiger partial charge in [0.05, 0.1) is 0 Å². The number of nitrogens with zero attached hydrogens (tertiary/aromatic N) is 1. The Balaban J connectivity index is 2.52. The Morgan fingerprint density at radius 3 is 1.95 bits per heavy atom. The molecule has 0 aliphatic rings. The highest BCUT2D eigenvalue weighted by atomic mass is 19.4. The Hall–Kier alpha value is -2.55. The minimum atomic E-state index is -4.85. The first-order chi connectivity index (χ1) is 9.89. The van der Waals surface area contributed by atoms with E-state index in [1.165, 1.54) is 30.3 Å². The molecule has 6 heteroatoms. The van der Waals surface area contributed by atoms with Crippen molar-refractivity contribution in [2.45, 2.75) is 11.7 Å². The molecule has 2 aromatic carbocycles. The number of halogens is 4. The second-order valence-corrected chi connectivity index (χ2v) is 4.36. The van der Waals surface area contributed by atoms with E-state index in [4.69, 9.17) is 0 Å². The fourth-order valence-corrected chi connectivity index (χ4v) is 1.90. The van der Waals surface area contributed by atoms with Gasteiger partial charge >= 0.3 is 6.18 Å². The first kappa shape index (κ1) is 14.9. The van der Waals surface area contributed by atoms with Gasteiger partial charge in [0.1, 0.15) is 11.9 Å². The molecule has 0 aliphatic carbocycles. The van der Waals surface area contributed by atoms with E-state index in [9.17, 15) is 22.8 Å². The van der Waals surface area contributed by atoms with E-state index in [1.54, 1.807) is 6.07 Å². The van der Waals surface area contributed by atoms with Gasteiger partial charge in [0.2, 0.25) is 5.54 Å². The van der Waals surface area contributed by atoms with Gasteiger partial charge in [-0.2, -0.15) is 18.4 Å². The molecule has 0 heterocycles. The van der Waals surface area contributed by atoms with Crippen LogP contribution in [0.1, 0.15) is 5.56 Å². The van der Waals surface area contributed by atoms with E-state index in [-0.39, 0.29) is 11.3 Å². The third-order valence-electron chi connectivity index (χ3n) is 2.98. The second kappa shape index (κ2) is 5.44. The molecule has 0 saturated heterocycles. The molecule has 0 aliphatic heterocycles. The average molecular weight is 294 g/mol. The van der Waals surface area contributed by atoms with E-state index >= 15 is 0 Å². The molecule has 0 aromatic heterocycles. The summed E-state index contributed by atoms with van der Waals surface area (Å²) in [7, 11) is 0. The number of alkyl halides is 3. The molecule has 0 radical (unpaired) electrons. The van der Waals surface area contributed by atoms with Crippen LogP contribution in [0.2, 0.25) is 0 Å². The van der Waals surface area contributed by atoms with Gasteiger partial charge < -0.3 is 5.32 Å². The highest BCUT2D eigenvalue weighted by Gasteiger charge is 2.57. The van der Waals surface area contributed by atoms with Crippen LogP contribution in [0.5, 0.6) is 0 Å². The zero-order chi connectivity index (χ0) is 15.5. The average Bonchev–Trinajstić information content (AvgIpc) is 2.46. The van der Waals surface area contributed by atoms with Gasteiger partial charge in [-0.05, 0) is 24.3 Å². The van der Waals surface area contributed by atoms with Crippen LogP contribution in [-0.4, -0.2) is 6.18 Å². The lowest BCUT2D eigenvalue weighted by Crippen LogP contribution is -2.47. The summed E-state index contributed by atoms with van der Waals surface area (Å²) in [4.78, 5) is 0. The molecule has 0 fully saturated rings. The van der Waals surface area contributed by atoms with Crippen LogP contribution in [0.15, 0.2) is 54.6 Å². The monoisotopic (exact) mass is 294 g/mol. The smallest absolute Gasteiger partial charge is 0.356 e. The second-order valence-electron chi connectivity index (χ2n) is 4.36. The van der Waals surface area contributed by atoms with Crippen molar-refractivity contribution in [3.8, 4) is 6.07 Å². The van der Waals surface area contributed by atoms with Gasteiger partial charge in [-0.25, -0.2) is 4.39 Å². The minimum Gasteiger partial charge on any atom is -0.356 e. The zero-order valence-electron chi connectivity index (χ0n) is 10.7. The molecule has 0 unspecified atom stereocenters. The summed E-state index contributed by atoms with van der Waals surface area (Å²) in [5.74, 6) is -0.574. The van der Waals surface area contributed by atoms with Gasteiger partial charge in [0.25, 0.3) is 0 Å². The number of rotatable bonds is 3. The Labute approximate surface area is 118 Å². The maximum absolute atomic E-state index is 13.5. The third kappa shape index (κ3) is 2.82. The number of nitrogens with one attached hydrogen (secondary N) is 1. The fraction of sp³-hybridized carbons (Fsp3) is 0.133. The van der Waals surface area contributed by atoms with Crippen LogP contribution in [0.4, 0.5) is 23.2 Å². The van der Waals surface area contributed by atoms with Crippen molar-refractivity contribution < 1.29 is 17.6 Å². The Kier molecular flexibility index (Phi) is 3.85. The maximum atomic E-state index is 13.5. The minimum absolute atomic E-state index is 0.000807. The van der Waals surface area contributed by atoms with Crippen molar-refractivity contribution in [3.05, 3.63) is 66.0 Å². The number of anilines is 1. The first-order valence-corrected chi connectivity index (χ1v) is 5.96. The lowest BCUT2D eigenvalue weighted by molar-refractivity contribution is -0.165. The quantitative estimate of drug-likeness (QED) is 0.860. The van der Waals surface area contributed by atoms with E-state index in [0.29, 0.717) is 0 Å². The molecule has 0 bridgehead atoms. The van der Waals surface area contributed by atoms with Gasteiger partial charge in [-0.1, -0.05) is 30.3 Å². The molecule has 0 amide bonds. The summed E-state index contributed by atoms with van der Waals surface area (Å²) in [5, 5.41) is 11.3. The van der Waals surface area contributed by atoms with Gasteiger partial charge in [0.15, 0.2) is 0 Å². The highest BCUT2D eigenvalue weighted by Crippen LogP contribution is 2.41. The first-order valence-electron chi connectivity index (χ1n) is 5.96. The van der Waals surface area contributed by atoms with Crippen molar-refractivity contribution in [1.82, 2.24) is 0 Å². The molecular weight excluding hydrogens is 284 g/mol. The molecule has 1 N–H and O–H groups in total. The summed E-state index contributed by atoms with van der Waals surface area (Å²) in [6.07, 6.45) is -4.85. The largest absolute Gasteiger partial charge is 0.429 e. The van der Waals surface area contributed by atoms with E-state index < -0.39 is 17.5 Å². The zero-order valence-corrected chi connectivity index (χ0v) is 10.7. The number of nitriles is 1. The van der Waals surface area contributed by atoms with Gasteiger partial charge in [-0.15, -0.1) is 0 Å². The van der Waals surface area contributed by atoms with Crippen LogP contribution in [0, 0.1) is 17.1 Å². The van der Waals surface area contributed by atoms with Crippen LogP contribution < -0.4 is 5.32 Å². The summed E-state index contributed by atoms with van der Waals surface area (Å²) in [5.41, 5.74) is -3.13. The number of hydrogen-bond donors (Lipinski definition) is 1. The summed E-state index contributed by atoms with van der Waals surface area (Å²) < 4.78 is 53.2. The van der Waals surface area contributed by atoms with E-state index in [1.807, 2.05) is 0 Å². The molecule has 0 saturated carbocycles. The summed E-state index contributed by atoms with van der Waals surface area (Å²) >= 11 is 0. The van der Waals surface area contributed by atoms with Crippen molar-refractivity contribution >= 4 is 5.69 Å². The molecule has 0 spiro atoms. The van der Waals surface area contributed by atoms with E-state index in [0.717, 1.165) is 24.3 Å². The molecule has 2 rings (SSSR count). The topological polar surface area (TPSA) is 35.8 Å². The van der Waals surface area contributed by atoms with Crippen LogP contribution in [0.3, 0.4) is 0 Å². The van der Waals surface area contributed by atoms with E-state index in [2.05, 4.69) is 5.32 Å². The maximum Gasteiger partial charge on any atom is 0.429 e. The summed E-state index contributed by atoms with van der Waals surface area (Å²) in [6.45, 7) is 0. The Bertz CT molecular complexity index is 644. The SMILES string of the molecule is N#C[C@](Nc1ccc(F)cc1)(c1ccccc1)C(F)(F)F. The van der Waals surface area contributed by atoms with Gasteiger partial charge in [-0.3, -0.25) is 0 Å². The molecule has 2 aromatic rings. The molecule has 1 atom stereocenters. The Morgan fingerprint density at radius 2 is 1.48 bits per heavy atom. The van der Waals surface area contributed by atoms with Crippen LogP contribution in [0.25, 0.3) is 0 Å². The molecule has 2 nitrogen and oxygen atoms in total. The lowest BCUT2D eigenvalue weighted by Gasteiger charge is -2.31. The van der Waals surface area contributed by atoms with Crippen LogP contribution >= 0.6 is 0 Å². The van der Waals surface area contributed by atoms with Crippen LogP contribution in [-0.2, 0) is 5.54 Å². The highest BCUT2D eigenvalue weighted by molar-refractivity contribution is 5.52. The standard InChI is InChI=1S/C15H10F4N2/c16-12-6-8-13(9-7-12)21-14(10-20,15(17,18)19)11-4-2-1-3-5-11/h1-9,21H/t14-/m0/s1. The van der Waals surface area contributed by atoms with Crippen molar-refractivity contribution in [2.24, 2.45) is 0 Å². The molecule has 21 heavy (non-hydrogen) atoms. The van der Waals surface area contributed by atoms with Crippen molar-refractivity contribution in [3.63, 3.8) is 0 Å². The predicted octanol–water partition coefficient (Wildman–Crippen LogP) is 4.22. The molecular formula is C15H10F4N2. The molecule has 108 valence electrons. The van der Waals surface area contributed by atoms with Gasteiger partial charge in [0, 0.05) is 11.3 Å². The summed E-state index contributed by atoms with van der Waals surface area (Å²) in [6, 6.07) is 12.5. The Morgan fingerprint density at radius 1 is 0.905 bits per heavy atom.